The highest BCUT2D eigenvalue weighted by Crippen LogP contribution is 2.13. The van der Waals surface area contributed by atoms with Crippen LogP contribution in [0.4, 0.5) is 0 Å². The minimum Gasteiger partial charge on any atom is -0.347 e. The number of benzene rings is 1. The van der Waals surface area contributed by atoms with Gasteiger partial charge in [-0.15, -0.1) is 0 Å². The molecule has 1 aromatic heterocycles. The third kappa shape index (κ3) is 3.59. The molecule has 114 valence electrons. The van der Waals surface area contributed by atoms with Crippen molar-refractivity contribution in [2.24, 2.45) is 0 Å². The molecule has 6 heteroatoms. The molecular formula is C16H18N4O2. The van der Waals surface area contributed by atoms with E-state index in [-0.39, 0.29) is 23.2 Å². The van der Waals surface area contributed by atoms with E-state index in [0.717, 1.165) is 26.1 Å². The summed E-state index contributed by atoms with van der Waals surface area (Å²) in [6.07, 6.45) is 0.919. The van der Waals surface area contributed by atoms with Gasteiger partial charge in [-0.05, 0) is 18.1 Å². The molecule has 0 aliphatic carbocycles. The van der Waals surface area contributed by atoms with Crippen LogP contribution in [0.15, 0.2) is 47.3 Å². The number of hydrogen-bond donors (Lipinski definition) is 2. The Morgan fingerprint density at radius 1 is 1.27 bits per heavy atom. The zero-order valence-electron chi connectivity index (χ0n) is 12.2. The number of likely N-dealkylation sites (tertiary alicyclic amines) is 1. The van der Waals surface area contributed by atoms with Gasteiger partial charge in [-0.2, -0.15) is 5.10 Å². The van der Waals surface area contributed by atoms with Crippen LogP contribution >= 0.6 is 0 Å². The van der Waals surface area contributed by atoms with Gasteiger partial charge in [0.2, 0.25) is 0 Å². The molecule has 0 saturated carbocycles. The number of carbonyl (C=O) groups is 1. The molecule has 1 unspecified atom stereocenters. The molecule has 1 atom stereocenters. The monoisotopic (exact) mass is 298 g/mol. The Hall–Kier alpha value is -2.47. The molecule has 1 aromatic carbocycles. The minimum atomic E-state index is -0.313. The van der Waals surface area contributed by atoms with Crippen molar-refractivity contribution in [2.45, 2.75) is 19.0 Å². The van der Waals surface area contributed by atoms with Gasteiger partial charge in [-0.25, -0.2) is 5.10 Å². The van der Waals surface area contributed by atoms with Gasteiger partial charge in [0.15, 0.2) is 0 Å². The SMILES string of the molecule is O=C(NC1CCN(Cc2ccccc2)C1)c1ccc(=O)[nH]n1. The first-order chi connectivity index (χ1) is 10.7. The quantitative estimate of drug-likeness (QED) is 0.874. The van der Waals surface area contributed by atoms with Crippen LogP contribution in [0.25, 0.3) is 0 Å². The van der Waals surface area contributed by atoms with Gasteiger partial charge in [0.1, 0.15) is 5.69 Å². The van der Waals surface area contributed by atoms with Gasteiger partial charge in [-0.3, -0.25) is 14.5 Å². The maximum absolute atomic E-state index is 12.1. The van der Waals surface area contributed by atoms with Crippen molar-refractivity contribution >= 4 is 5.91 Å². The van der Waals surface area contributed by atoms with Crippen LogP contribution in [0.5, 0.6) is 0 Å². The molecule has 2 aromatic rings. The second-order valence-electron chi connectivity index (χ2n) is 5.49. The Labute approximate surface area is 128 Å². The standard InChI is InChI=1S/C16H18N4O2/c21-15-7-6-14(18-19-15)16(22)17-13-8-9-20(11-13)10-12-4-2-1-3-5-12/h1-7,13H,8-11H2,(H,17,22)(H,19,21). The molecular weight excluding hydrogens is 280 g/mol. The van der Waals surface area contributed by atoms with Crippen molar-refractivity contribution in [3.8, 4) is 0 Å². The van der Waals surface area contributed by atoms with Gasteiger partial charge in [0.25, 0.3) is 11.5 Å². The zero-order valence-corrected chi connectivity index (χ0v) is 12.2. The van der Waals surface area contributed by atoms with E-state index >= 15 is 0 Å². The molecule has 1 saturated heterocycles. The first-order valence-corrected chi connectivity index (χ1v) is 7.33. The van der Waals surface area contributed by atoms with Crippen molar-refractivity contribution in [3.05, 3.63) is 64.1 Å². The number of aromatic amines is 1. The van der Waals surface area contributed by atoms with E-state index in [4.69, 9.17) is 0 Å². The highest BCUT2D eigenvalue weighted by atomic mass is 16.2. The maximum atomic E-state index is 12.1. The number of nitrogens with one attached hydrogen (secondary N) is 2. The van der Waals surface area contributed by atoms with E-state index < -0.39 is 0 Å². The van der Waals surface area contributed by atoms with Gasteiger partial charge in [0.05, 0.1) is 0 Å². The summed E-state index contributed by atoms with van der Waals surface area (Å²) in [5.74, 6) is -0.247. The minimum absolute atomic E-state index is 0.116. The number of rotatable bonds is 4. The molecule has 0 spiro atoms. The summed E-state index contributed by atoms with van der Waals surface area (Å²) >= 11 is 0. The summed E-state index contributed by atoms with van der Waals surface area (Å²) in [5, 5.41) is 8.98. The summed E-state index contributed by atoms with van der Waals surface area (Å²) < 4.78 is 0. The Morgan fingerprint density at radius 3 is 2.82 bits per heavy atom. The summed E-state index contributed by atoms with van der Waals surface area (Å²) in [6.45, 7) is 2.67. The van der Waals surface area contributed by atoms with Crippen LogP contribution in [0.2, 0.25) is 0 Å². The average Bonchev–Trinajstić information content (AvgIpc) is 2.96. The fourth-order valence-electron chi connectivity index (χ4n) is 2.67. The molecule has 2 heterocycles. The van der Waals surface area contributed by atoms with Crippen LogP contribution < -0.4 is 10.9 Å². The second kappa shape index (κ2) is 6.53. The van der Waals surface area contributed by atoms with Crippen LogP contribution in [-0.4, -0.2) is 40.1 Å². The van der Waals surface area contributed by atoms with E-state index in [0.29, 0.717) is 0 Å². The lowest BCUT2D eigenvalue weighted by Gasteiger charge is -2.16. The van der Waals surface area contributed by atoms with Crippen molar-refractivity contribution in [2.75, 3.05) is 13.1 Å². The Bertz CT molecular complexity index is 678. The molecule has 0 radical (unpaired) electrons. The fraction of sp³-hybridized carbons (Fsp3) is 0.312. The van der Waals surface area contributed by atoms with Crippen LogP contribution in [0, 0.1) is 0 Å². The van der Waals surface area contributed by atoms with E-state index in [9.17, 15) is 9.59 Å². The number of carbonyl (C=O) groups excluding carboxylic acids is 1. The summed E-state index contributed by atoms with van der Waals surface area (Å²) in [6, 6.07) is 13.1. The average molecular weight is 298 g/mol. The zero-order chi connectivity index (χ0) is 15.4. The molecule has 1 aliphatic heterocycles. The summed E-state index contributed by atoms with van der Waals surface area (Å²) in [5.41, 5.74) is 1.20. The third-order valence-corrected chi connectivity index (χ3v) is 3.77. The number of hydrogen-bond acceptors (Lipinski definition) is 4. The highest BCUT2D eigenvalue weighted by molar-refractivity contribution is 5.92. The fourth-order valence-corrected chi connectivity index (χ4v) is 2.67. The van der Waals surface area contributed by atoms with E-state index in [1.807, 2.05) is 18.2 Å². The lowest BCUT2D eigenvalue weighted by atomic mass is 10.2. The molecule has 1 aliphatic rings. The Balaban J connectivity index is 1.53. The van der Waals surface area contributed by atoms with Crippen LogP contribution in [0.3, 0.4) is 0 Å². The molecule has 22 heavy (non-hydrogen) atoms. The second-order valence-corrected chi connectivity index (χ2v) is 5.49. The smallest absolute Gasteiger partial charge is 0.271 e. The molecule has 1 fully saturated rings. The number of amides is 1. The van der Waals surface area contributed by atoms with Gasteiger partial charge < -0.3 is 5.32 Å². The van der Waals surface area contributed by atoms with Gasteiger partial charge in [-0.1, -0.05) is 30.3 Å². The van der Waals surface area contributed by atoms with Crippen molar-refractivity contribution in [1.29, 1.82) is 0 Å². The van der Waals surface area contributed by atoms with Crippen LogP contribution in [0.1, 0.15) is 22.5 Å². The predicted octanol–water partition coefficient (Wildman–Crippen LogP) is 0.774. The van der Waals surface area contributed by atoms with E-state index in [1.54, 1.807) is 0 Å². The predicted molar refractivity (Wildman–Crippen MR) is 82.4 cm³/mol. The van der Waals surface area contributed by atoms with Crippen LogP contribution in [-0.2, 0) is 6.54 Å². The summed E-state index contributed by atoms with van der Waals surface area (Å²) in [4.78, 5) is 25.3. The Kier molecular flexibility index (Phi) is 4.29. The largest absolute Gasteiger partial charge is 0.347 e. The number of H-pyrrole nitrogens is 1. The van der Waals surface area contributed by atoms with Crippen molar-refractivity contribution < 1.29 is 4.79 Å². The third-order valence-electron chi connectivity index (χ3n) is 3.77. The first kappa shape index (κ1) is 14.5. The molecule has 6 nitrogen and oxygen atoms in total. The maximum Gasteiger partial charge on any atom is 0.271 e. The lowest BCUT2D eigenvalue weighted by Crippen LogP contribution is -2.37. The first-order valence-electron chi connectivity index (χ1n) is 7.33. The van der Waals surface area contributed by atoms with Crippen molar-refractivity contribution in [3.63, 3.8) is 0 Å². The highest BCUT2D eigenvalue weighted by Gasteiger charge is 2.24. The molecule has 1 amide bonds. The van der Waals surface area contributed by atoms with Crippen molar-refractivity contribution in [1.82, 2.24) is 20.4 Å². The number of nitrogens with zero attached hydrogens (tertiary/aromatic N) is 2. The Morgan fingerprint density at radius 2 is 2.09 bits per heavy atom. The van der Waals surface area contributed by atoms with Gasteiger partial charge in [0, 0.05) is 31.7 Å². The molecule has 2 N–H and O–H groups in total. The molecule has 3 rings (SSSR count). The van der Waals surface area contributed by atoms with E-state index in [2.05, 4.69) is 32.5 Å². The normalized spacial score (nSPS) is 18.3. The summed E-state index contributed by atoms with van der Waals surface area (Å²) in [7, 11) is 0. The topological polar surface area (TPSA) is 78.1 Å². The van der Waals surface area contributed by atoms with Gasteiger partial charge >= 0.3 is 0 Å². The van der Waals surface area contributed by atoms with E-state index in [1.165, 1.54) is 17.7 Å². The number of aromatic nitrogens is 2. The lowest BCUT2D eigenvalue weighted by molar-refractivity contribution is 0.0931. The molecule has 0 bridgehead atoms.